The lowest BCUT2D eigenvalue weighted by Crippen LogP contribution is -2.24. The van der Waals surface area contributed by atoms with Gasteiger partial charge in [-0.15, -0.1) is 0 Å². The standard InChI is InChI=1S/C32H48Si3/c1-21-11-13-25(19-34(5,6)7)27-15-23(3)29(31(21)27)17-33-18-30-24(4)16-28-26(20-35(8,9)10)14-12-22(2)32(28)30/h11-16,29-30H,17-20,33H2,1-10H3. The van der Waals surface area contributed by atoms with Gasteiger partial charge in [0, 0.05) is 37.5 Å². The maximum Gasteiger partial charge on any atom is 0.0487 e. The van der Waals surface area contributed by atoms with Crippen LogP contribution in [0.25, 0.3) is 12.2 Å². The molecule has 0 heterocycles. The Hall–Kier alpha value is -1.43. The maximum atomic E-state index is 2.56. The monoisotopic (exact) mass is 516 g/mol. The Morgan fingerprint density at radius 3 is 1.31 bits per heavy atom. The van der Waals surface area contributed by atoms with Crippen LogP contribution in [0.15, 0.2) is 35.4 Å². The molecule has 2 aliphatic rings. The van der Waals surface area contributed by atoms with Gasteiger partial charge in [-0.3, -0.25) is 0 Å². The lowest BCUT2D eigenvalue weighted by atomic mass is 9.92. The molecule has 0 fully saturated rings. The van der Waals surface area contributed by atoms with E-state index >= 15 is 0 Å². The Bertz CT molecular complexity index is 1090. The lowest BCUT2D eigenvalue weighted by molar-refractivity contribution is 0.865. The Kier molecular flexibility index (Phi) is 7.45. The number of hydrogen-bond acceptors (Lipinski definition) is 0. The number of fused-ring (bicyclic) bond motifs is 2. The van der Waals surface area contributed by atoms with Gasteiger partial charge < -0.3 is 0 Å². The molecule has 188 valence electrons. The van der Waals surface area contributed by atoms with Crippen molar-refractivity contribution < 1.29 is 0 Å². The molecule has 35 heavy (non-hydrogen) atoms. The summed E-state index contributed by atoms with van der Waals surface area (Å²) in [5.41, 5.74) is 16.0. The third-order valence-corrected chi connectivity index (χ3v) is 13.0. The number of benzene rings is 2. The highest BCUT2D eigenvalue weighted by Crippen LogP contribution is 2.45. The molecule has 2 aromatic rings. The fraction of sp³-hybridized carbons (Fsp3) is 0.500. The third kappa shape index (κ3) is 5.78. The van der Waals surface area contributed by atoms with Crippen molar-refractivity contribution in [2.45, 2.75) is 103 Å². The minimum absolute atomic E-state index is 0.178. The van der Waals surface area contributed by atoms with Crippen molar-refractivity contribution in [2.75, 3.05) is 0 Å². The van der Waals surface area contributed by atoms with E-state index in [0.29, 0.717) is 11.8 Å². The summed E-state index contributed by atoms with van der Waals surface area (Å²) in [5, 5.41) is 0. The van der Waals surface area contributed by atoms with Gasteiger partial charge in [0.05, 0.1) is 0 Å². The number of aryl methyl sites for hydroxylation is 2. The average molecular weight is 517 g/mol. The zero-order valence-electron chi connectivity index (χ0n) is 24.2. The van der Waals surface area contributed by atoms with Gasteiger partial charge in [-0.1, -0.05) is 98.9 Å². The van der Waals surface area contributed by atoms with Gasteiger partial charge in [-0.25, -0.2) is 0 Å². The SMILES string of the molecule is CC1=Cc2c(C[Si](C)(C)C)ccc(C)c2C1C[SiH2]CC1C(C)=Cc2c(C[Si](C)(C)C)ccc(C)c21. The average Bonchev–Trinajstić information content (AvgIpc) is 3.23. The summed E-state index contributed by atoms with van der Waals surface area (Å²) in [6.07, 6.45) is 5.11. The quantitative estimate of drug-likeness (QED) is 0.307. The molecule has 0 bridgehead atoms. The smallest absolute Gasteiger partial charge is 0.0487 e. The highest BCUT2D eigenvalue weighted by molar-refractivity contribution is 6.76. The van der Waals surface area contributed by atoms with E-state index in [0.717, 1.165) is 0 Å². The van der Waals surface area contributed by atoms with E-state index in [9.17, 15) is 0 Å². The first kappa shape index (κ1) is 26.6. The molecule has 0 saturated carbocycles. The summed E-state index contributed by atoms with van der Waals surface area (Å²) in [6.45, 7) is 24.5. The van der Waals surface area contributed by atoms with Crippen molar-refractivity contribution in [3.8, 4) is 0 Å². The van der Waals surface area contributed by atoms with Gasteiger partial charge in [-0.2, -0.15) is 0 Å². The van der Waals surface area contributed by atoms with Crippen LogP contribution < -0.4 is 0 Å². The third-order valence-electron chi connectivity index (χ3n) is 8.16. The summed E-state index contributed by atoms with van der Waals surface area (Å²) >= 11 is 0. The van der Waals surface area contributed by atoms with Crippen LogP contribution in [-0.2, 0) is 12.1 Å². The van der Waals surface area contributed by atoms with E-state index < -0.39 is 16.1 Å². The van der Waals surface area contributed by atoms with Crippen LogP contribution in [-0.4, -0.2) is 25.7 Å². The first-order valence-electron chi connectivity index (χ1n) is 13.9. The molecule has 4 rings (SSSR count). The van der Waals surface area contributed by atoms with Crippen LogP contribution in [0.2, 0.25) is 51.4 Å². The fourth-order valence-electron chi connectivity index (χ4n) is 6.68. The predicted octanol–water partition coefficient (Wildman–Crippen LogP) is 8.85. The summed E-state index contributed by atoms with van der Waals surface area (Å²) in [5.74, 6) is 1.34. The van der Waals surface area contributed by atoms with Crippen molar-refractivity contribution >= 4 is 37.8 Å². The molecule has 0 radical (unpaired) electrons. The van der Waals surface area contributed by atoms with Gasteiger partial charge in [0.2, 0.25) is 0 Å². The molecular weight excluding hydrogens is 469 g/mol. The molecule has 0 aromatic heterocycles. The highest BCUT2D eigenvalue weighted by atomic mass is 28.3. The summed E-state index contributed by atoms with van der Waals surface area (Å²) < 4.78 is 0. The van der Waals surface area contributed by atoms with Crippen LogP contribution >= 0.6 is 0 Å². The van der Waals surface area contributed by atoms with Gasteiger partial charge in [-0.05, 0) is 84.3 Å². The van der Waals surface area contributed by atoms with E-state index in [1.807, 2.05) is 0 Å². The van der Waals surface area contributed by atoms with E-state index in [1.165, 1.54) is 35.3 Å². The molecule has 2 atom stereocenters. The molecule has 2 aliphatic carbocycles. The molecule has 0 saturated heterocycles. The zero-order valence-corrected chi connectivity index (χ0v) is 27.6. The van der Waals surface area contributed by atoms with Gasteiger partial charge >= 0.3 is 0 Å². The lowest BCUT2D eigenvalue weighted by Gasteiger charge is -2.23. The molecular formula is C32H48Si3. The first-order chi connectivity index (χ1) is 16.2. The summed E-state index contributed by atoms with van der Waals surface area (Å²) in [4.78, 5) is 0. The van der Waals surface area contributed by atoms with E-state index in [4.69, 9.17) is 0 Å². The zero-order chi connectivity index (χ0) is 25.7. The van der Waals surface area contributed by atoms with Gasteiger partial charge in [0.25, 0.3) is 0 Å². The second kappa shape index (κ2) is 9.79. The van der Waals surface area contributed by atoms with Crippen LogP contribution in [0, 0.1) is 13.8 Å². The molecule has 0 amide bonds. The number of hydrogen-bond donors (Lipinski definition) is 0. The van der Waals surface area contributed by atoms with Crippen molar-refractivity contribution in [3.05, 3.63) is 79.9 Å². The Balaban J connectivity index is 1.53. The topological polar surface area (TPSA) is 0 Å². The minimum Gasteiger partial charge on any atom is -0.0693 e. The Morgan fingerprint density at radius 1 is 0.600 bits per heavy atom. The van der Waals surface area contributed by atoms with Gasteiger partial charge in [0.1, 0.15) is 0 Å². The maximum absolute atomic E-state index is 2.56. The van der Waals surface area contributed by atoms with Crippen molar-refractivity contribution in [1.82, 2.24) is 0 Å². The van der Waals surface area contributed by atoms with Crippen molar-refractivity contribution in [2.24, 2.45) is 0 Å². The highest BCUT2D eigenvalue weighted by Gasteiger charge is 2.30. The van der Waals surface area contributed by atoms with Crippen LogP contribution in [0.3, 0.4) is 0 Å². The van der Waals surface area contributed by atoms with Crippen molar-refractivity contribution in [3.63, 3.8) is 0 Å². The normalized spacial score (nSPS) is 19.8. The second-order valence-corrected chi connectivity index (χ2v) is 26.8. The van der Waals surface area contributed by atoms with Crippen LogP contribution in [0.5, 0.6) is 0 Å². The van der Waals surface area contributed by atoms with E-state index in [2.05, 4.69) is 103 Å². The molecule has 0 aliphatic heterocycles. The Labute approximate surface area is 220 Å². The largest absolute Gasteiger partial charge is 0.0693 e. The molecule has 0 N–H and O–H groups in total. The van der Waals surface area contributed by atoms with Gasteiger partial charge in [0.15, 0.2) is 0 Å². The second-order valence-electron chi connectivity index (χ2n) is 14.0. The minimum atomic E-state index is -1.14. The number of rotatable bonds is 8. The van der Waals surface area contributed by atoms with E-state index in [1.54, 1.807) is 44.5 Å². The predicted molar refractivity (Wildman–Crippen MR) is 167 cm³/mol. The number of allylic oxidation sites excluding steroid dienone is 2. The molecule has 3 heteroatoms. The molecule has 0 nitrogen and oxygen atoms in total. The summed E-state index contributed by atoms with van der Waals surface area (Å²) in [6, 6.07) is 15.1. The van der Waals surface area contributed by atoms with Crippen LogP contribution in [0.1, 0.15) is 70.2 Å². The Morgan fingerprint density at radius 2 is 0.971 bits per heavy atom. The van der Waals surface area contributed by atoms with Crippen molar-refractivity contribution in [1.29, 1.82) is 0 Å². The molecule has 2 unspecified atom stereocenters. The molecule has 0 spiro atoms. The first-order valence-corrected chi connectivity index (χ1v) is 23.3. The summed E-state index contributed by atoms with van der Waals surface area (Å²) in [7, 11) is -2.45. The molecule has 2 aromatic carbocycles. The van der Waals surface area contributed by atoms with E-state index in [-0.39, 0.29) is 9.52 Å². The fourth-order valence-corrected chi connectivity index (χ4v) is 12.1. The van der Waals surface area contributed by atoms with Crippen LogP contribution in [0.4, 0.5) is 0 Å².